The van der Waals surface area contributed by atoms with Crippen LogP contribution in [0.25, 0.3) is 5.57 Å². The minimum Gasteiger partial charge on any atom is -0.321 e. The molecule has 0 radical (unpaired) electrons. The Hall–Kier alpha value is -2.90. The van der Waals surface area contributed by atoms with Gasteiger partial charge in [-0.3, -0.25) is 4.79 Å². The van der Waals surface area contributed by atoms with Gasteiger partial charge in [0.05, 0.1) is 24.7 Å². The van der Waals surface area contributed by atoms with Crippen molar-refractivity contribution in [1.82, 2.24) is 0 Å². The van der Waals surface area contributed by atoms with Crippen LogP contribution in [0, 0.1) is 11.3 Å². The average Bonchev–Trinajstić information content (AvgIpc) is 2.68. The van der Waals surface area contributed by atoms with E-state index < -0.39 is 0 Å². The maximum atomic E-state index is 12.5. The second-order valence-corrected chi connectivity index (χ2v) is 6.36. The van der Waals surface area contributed by atoms with Gasteiger partial charge in [0.2, 0.25) is 0 Å². The molecule has 4 nitrogen and oxygen atoms in total. The molecule has 1 aliphatic rings. The first-order valence-corrected chi connectivity index (χ1v) is 8.57. The molecule has 2 aromatic rings. The van der Waals surface area contributed by atoms with Gasteiger partial charge in [0.25, 0.3) is 5.91 Å². The van der Waals surface area contributed by atoms with Crippen LogP contribution >= 0.6 is 0 Å². The molecule has 0 saturated carbocycles. The van der Waals surface area contributed by atoms with Gasteiger partial charge >= 0.3 is 0 Å². The third-order valence-electron chi connectivity index (χ3n) is 4.74. The molecule has 126 valence electrons. The van der Waals surface area contributed by atoms with Crippen LogP contribution in [0.4, 0.5) is 5.69 Å². The van der Waals surface area contributed by atoms with Gasteiger partial charge in [0, 0.05) is 12.1 Å². The van der Waals surface area contributed by atoms with Crippen molar-refractivity contribution in [2.24, 2.45) is 0 Å². The normalized spacial score (nSPS) is 17.9. The predicted molar refractivity (Wildman–Crippen MR) is 99.0 cm³/mol. The van der Waals surface area contributed by atoms with Crippen molar-refractivity contribution in [2.45, 2.75) is 19.4 Å². The monoisotopic (exact) mass is 332 g/mol. The lowest BCUT2D eigenvalue weighted by Gasteiger charge is -2.28. The Morgan fingerprint density at radius 2 is 2.00 bits per heavy atom. The standard InChI is InChI=1S/C21H21N3O/c1-16(21(25)23-20-9-5-6-17(14-20)15-22)24-12-10-19(11-13-24)18-7-3-2-4-8-18/h2-10,14,16H,11-13H2,1H3,(H,23,25)/p+1/t16-/m0/s1. The topological polar surface area (TPSA) is 57.3 Å². The van der Waals surface area contributed by atoms with Crippen molar-refractivity contribution >= 4 is 17.2 Å². The minimum absolute atomic E-state index is 0.0124. The summed E-state index contributed by atoms with van der Waals surface area (Å²) in [7, 11) is 0. The number of anilines is 1. The second-order valence-electron chi connectivity index (χ2n) is 6.36. The highest BCUT2D eigenvalue weighted by Gasteiger charge is 2.27. The Morgan fingerprint density at radius 3 is 2.68 bits per heavy atom. The van der Waals surface area contributed by atoms with Crippen molar-refractivity contribution in [3.05, 3.63) is 71.8 Å². The quantitative estimate of drug-likeness (QED) is 0.902. The van der Waals surface area contributed by atoms with Gasteiger partial charge in [0.1, 0.15) is 0 Å². The molecule has 0 spiro atoms. The highest BCUT2D eigenvalue weighted by atomic mass is 16.2. The molecular weight excluding hydrogens is 310 g/mol. The van der Waals surface area contributed by atoms with E-state index in [-0.39, 0.29) is 11.9 Å². The lowest BCUT2D eigenvalue weighted by Crippen LogP contribution is -3.17. The molecular formula is C21H22N3O+. The molecule has 2 N–H and O–H groups in total. The molecule has 0 aliphatic carbocycles. The zero-order valence-corrected chi connectivity index (χ0v) is 14.3. The molecule has 1 aliphatic heterocycles. The van der Waals surface area contributed by atoms with Crippen LogP contribution in [0.15, 0.2) is 60.7 Å². The Labute approximate surface area is 148 Å². The van der Waals surface area contributed by atoms with E-state index in [0.29, 0.717) is 11.3 Å². The summed E-state index contributed by atoms with van der Waals surface area (Å²) >= 11 is 0. The van der Waals surface area contributed by atoms with Crippen LogP contribution in [0.3, 0.4) is 0 Å². The molecule has 0 aromatic heterocycles. The molecule has 0 saturated heterocycles. The number of quaternary nitrogens is 1. The fourth-order valence-electron chi connectivity index (χ4n) is 3.16. The molecule has 0 bridgehead atoms. The maximum absolute atomic E-state index is 12.5. The van der Waals surface area contributed by atoms with E-state index in [1.54, 1.807) is 18.2 Å². The van der Waals surface area contributed by atoms with Crippen molar-refractivity contribution in [3.8, 4) is 6.07 Å². The van der Waals surface area contributed by atoms with E-state index >= 15 is 0 Å². The third-order valence-corrected chi connectivity index (χ3v) is 4.74. The Morgan fingerprint density at radius 1 is 1.20 bits per heavy atom. The van der Waals surface area contributed by atoms with E-state index in [2.05, 4.69) is 41.7 Å². The van der Waals surface area contributed by atoms with Gasteiger partial charge in [-0.15, -0.1) is 0 Å². The van der Waals surface area contributed by atoms with Crippen molar-refractivity contribution < 1.29 is 9.69 Å². The number of carbonyl (C=O) groups is 1. The van der Waals surface area contributed by atoms with Crippen LogP contribution in [-0.4, -0.2) is 25.0 Å². The summed E-state index contributed by atoms with van der Waals surface area (Å²) in [4.78, 5) is 13.8. The Balaban J connectivity index is 1.62. The first-order chi connectivity index (χ1) is 12.2. The van der Waals surface area contributed by atoms with Gasteiger partial charge in [-0.05, 0) is 42.3 Å². The van der Waals surface area contributed by atoms with Gasteiger partial charge < -0.3 is 10.2 Å². The number of nitrogens with one attached hydrogen (secondary N) is 2. The average molecular weight is 332 g/mol. The lowest BCUT2D eigenvalue weighted by atomic mass is 9.99. The number of hydrogen-bond acceptors (Lipinski definition) is 2. The van der Waals surface area contributed by atoms with Gasteiger partial charge in [0.15, 0.2) is 6.04 Å². The fourth-order valence-corrected chi connectivity index (χ4v) is 3.16. The summed E-state index contributed by atoms with van der Waals surface area (Å²) in [5.74, 6) is -0.0124. The van der Waals surface area contributed by atoms with Crippen LogP contribution in [0.1, 0.15) is 24.5 Å². The Bertz CT molecular complexity index is 821. The smallest absolute Gasteiger partial charge is 0.282 e. The summed E-state index contributed by atoms with van der Waals surface area (Å²) in [5, 5.41) is 11.9. The van der Waals surface area contributed by atoms with Crippen LogP contribution in [0.2, 0.25) is 0 Å². The highest BCUT2D eigenvalue weighted by molar-refractivity contribution is 5.93. The van der Waals surface area contributed by atoms with Crippen molar-refractivity contribution in [3.63, 3.8) is 0 Å². The molecule has 1 unspecified atom stereocenters. The molecule has 25 heavy (non-hydrogen) atoms. The molecule has 1 amide bonds. The molecule has 2 aromatic carbocycles. The van der Waals surface area contributed by atoms with Crippen molar-refractivity contribution in [2.75, 3.05) is 18.4 Å². The van der Waals surface area contributed by atoms with Crippen LogP contribution < -0.4 is 10.2 Å². The zero-order valence-electron chi connectivity index (χ0n) is 14.3. The summed E-state index contributed by atoms with van der Waals surface area (Å²) in [6.07, 6.45) is 3.22. The molecule has 0 fully saturated rings. The molecule has 2 atom stereocenters. The number of nitrogens with zero attached hydrogens (tertiary/aromatic N) is 1. The Kier molecular flexibility index (Phi) is 5.27. The van der Waals surface area contributed by atoms with Gasteiger partial charge in [-0.2, -0.15) is 5.26 Å². The minimum atomic E-state index is -0.140. The number of benzene rings is 2. The molecule has 4 heteroatoms. The summed E-state index contributed by atoms with van der Waals surface area (Å²) in [6.45, 7) is 3.74. The number of amides is 1. The molecule has 3 rings (SSSR count). The van der Waals surface area contributed by atoms with Gasteiger partial charge in [-0.1, -0.05) is 36.4 Å². The number of hydrogen-bond donors (Lipinski definition) is 2. The van der Waals surface area contributed by atoms with E-state index in [4.69, 9.17) is 5.26 Å². The number of carbonyl (C=O) groups excluding carboxylic acids is 1. The summed E-state index contributed by atoms with van der Waals surface area (Å²) in [5.41, 5.74) is 3.85. The van der Waals surface area contributed by atoms with E-state index in [0.717, 1.165) is 19.5 Å². The van der Waals surface area contributed by atoms with Crippen LogP contribution in [0.5, 0.6) is 0 Å². The van der Waals surface area contributed by atoms with Gasteiger partial charge in [-0.25, -0.2) is 0 Å². The number of rotatable bonds is 4. The van der Waals surface area contributed by atoms with E-state index in [9.17, 15) is 4.79 Å². The third kappa shape index (κ3) is 4.14. The first-order valence-electron chi connectivity index (χ1n) is 8.57. The highest BCUT2D eigenvalue weighted by Crippen LogP contribution is 2.18. The molecule has 1 heterocycles. The van der Waals surface area contributed by atoms with E-state index in [1.165, 1.54) is 16.0 Å². The second kappa shape index (κ2) is 7.78. The lowest BCUT2D eigenvalue weighted by molar-refractivity contribution is -0.909. The summed E-state index contributed by atoms with van der Waals surface area (Å²) in [6, 6.07) is 19.4. The van der Waals surface area contributed by atoms with Crippen molar-refractivity contribution in [1.29, 1.82) is 5.26 Å². The SMILES string of the molecule is C[C@@H](C(=O)Nc1cccc(C#N)c1)[NH+]1CC=C(c2ccccc2)CC1. The first kappa shape index (κ1) is 16.9. The fraction of sp³-hybridized carbons (Fsp3) is 0.238. The van der Waals surface area contributed by atoms with E-state index in [1.807, 2.05) is 19.1 Å². The predicted octanol–water partition coefficient (Wildman–Crippen LogP) is 2.26. The summed E-state index contributed by atoms with van der Waals surface area (Å²) < 4.78 is 0. The largest absolute Gasteiger partial charge is 0.321 e. The zero-order chi connectivity index (χ0) is 17.6. The maximum Gasteiger partial charge on any atom is 0.282 e. The number of nitriles is 1. The van der Waals surface area contributed by atoms with Crippen LogP contribution in [-0.2, 0) is 4.79 Å².